The van der Waals surface area contributed by atoms with E-state index in [0.29, 0.717) is 5.82 Å². The van der Waals surface area contributed by atoms with Gasteiger partial charge in [-0.25, -0.2) is 0 Å². The summed E-state index contributed by atoms with van der Waals surface area (Å²) in [6.07, 6.45) is 2.46. The highest BCUT2D eigenvalue weighted by atomic mass is 16.3. The average molecular weight is 236 g/mol. The minimum atomic E-state index is -0.382. The normalized spacial score (nSPS) is 21.1. The number of aliphatic hydroxyl groups excluding tert-OH is 1. The molecule has 3 N–H and O–H groups in total. The molecular weight excluding hydrogens is 220 g/mol. The minimum absolute atomic E-state index is 0.140. The van der Waals surface area contributed by atoms with Crippen molar-refractivity contribution in [3.05, 3.63) is 18.3 Å². The van der Waals surface area contributed by atoms with Gasteiger partial charge in [0.2, 0.25) is 5.91 Å². The van der Waals surface area contributed by atoms with E-state index in [9.17, 15) is 9.90 Å². The zero-order valence-electron chi connectivity index (χ0n) is 9.47. The van der Waals surface area contributed by atoms with E-state index in [1.54, 1.807) is 18.3 Å². The molecule has 1 aliphatic heterocycles. The first-order valence-electron chi connectivity index (χ1n) is 5.71. The van der Waals surface area contributed by atoms with Crippen LogP contribution in [0, 0.1) is 11.8 Å². The molecule has 0 saturated carbocycles. The predicted molar refractivity (Wildman–Crippen MR) is 62.2 cm³/mol. The number of rotatable bonds is 4. The van der Waals surface area contributed by atoms with Gasteiger partial charge in [-0.3, -0.25) is 4.79 Å². The summed E-state index contributed by atoms with van der Waals surface area (Å²) >= 11 is 0. The number of nitrogens with one attached hydrogen (secondary N) is 2. The van der Waals surface area contributed by atoms with E-state index >= 15 is 0 Å². The highest BCUT2D eigenvalue weighted by Crippen LogP contribution is 2.20. The standard InChI is InChI=1S/C11H16N4O2/c16-7-9(8-3-5-12-6-8)11(17)14-10-2-1-4-13-15-10/h1-2,4,8-9,12,16H,3,5-7H2,(H,14,15,17)/t8-,9?/m0/s1. The lowest BCUT2D eigenvalue weighted by Gasteiger charge is -2.19. The van der Waals surface area contributed by atoms with Crippen molar-refractivity contribution in [3.8, 4) is 0 Å². The van der Waals surface area contributed by atoms with Crippen molar-refractivity contribution in [2.45, 2.75) is 6.42 Å². The summed E-state index contributed by atoms with van der Waals surface area (Å²) in [4.78, 5) is 12.0. The Hall–Kier alpha value is -1.53. The Kier molecular flexibility index (Phi) is 4.00. The summed E-state index contributed by atoms with van der Waals surface area (Å²) in [5.74, 6) is 0.0345. The lowest BCUT2D eigenvalue weighted by atomic mass is 9.91. The average Bonchev–Trinajstić information content (AvgIpc) is 2.85. The zero-order chi connectivity index (χ0) is 12.1. The number of hydrogen-bond acceptors (Lipinski definition) is 5. The van der Waals surface area contributed by atoms with Gasteiger partial charge in [-0.1, -0.05) is 0 Å². The van der Waals surface area contributed by atoms with Gasteiger partial charge in [0.15, 0.2) is 5.82 Å². The van der Waals surface area contributed by atoms with Crippen LogP contribution in [-0.2, 0) is 4.79 Å². The second kappa shape index (κ2) is 5.70. The molecule has 1 aromatic heterocycles. The Morgan fingerprint density at radius 2 is 2.59 bits per heavy atom. The number of aliphatic hydroxyl groups is 1. The number of amides is 1. The lowest BCUT2D eigenvalue weighted by molar-refractivity contribution is -0.122. The molecule has 0 bridgehead atoms. The van der Waals surface area contributed by atoms with Crippen LogP contribution in [-0.4, -0.2) is 40.9 Å². The van der Waals surface area contributed by atoms with Gasteiger partial charge in [0.1, 0.15) is 0 Å². The maximum Gasteiger partial charge on any atom is 0.231 e. The molecule has 2 rings (SSSR count). The van der Waals surface area contributed by atoms with Crippen molar-refractivity contribution in [2.24, 2.45) is 11.8 Å². The van der Waals surface area contributed by atoms with Crippen LogP contribution in [0.2, 0.25) is 0 Å². The summed E-state index contributed by atoms with van der Waals surface area (Å²) in [6.45, 7) is 1.54. The molecule has 1 aromatic rings. The molecule has 1 saturated heterocycles. The first-order chi connectivity index (χ1) is 8.31. The van der Waals surface area contributed by atoms with Gasteiger partial charge < -0.3 is 15.7 Å². The minimum Gasteiger partial charge on any atom is -0.396 e. The van der Waals surface area contributed by atoms with Crippen LogP contribution < -0.4 is 10.6 Å². The van der Waals surface area contributed by atoms with Crippen molar-refractivity contribution >= 4 is 11.7 Å². The third kappa shape index (κ3) is 2.98. The van der Waals surface area contributed by atoms with Crippen LogP contribution in [0.25, 0.3) is 0 Å². The molecule has 1 amide bonds. The maximum absolute atomic E-state index is 12.0. The van der Waals surface area contributed by atoms with Crippen LogP contribution >= 0.6 is 0 Å². The van der Waals surface area contributed by atoms with Crippen molar-refractivity contribution in [1.82, 2.24) is 15.5 Å². The Labute approximate surface area is 99.4 Å². The van der Waals surface area contributed by atoms with Crippen LogP contribution in [0.4, 0.5) is 5.82 Å². The molecule has 17 heavy (non-hydrogen) atoms. The second-order valence-corrected chi connectivity index (χ2v) is 4.14. The smallest absolute Gasteiger partial charge is 0.231 e. The number of hydrogen-bond donors (Lipinski definition) is 3. The van der Waals surface area contributed by atoms with Crippen molar-refractivity contribution in [1.29, 1.82) is 0 Å². The van der Waals surface area contributed by atoms with E-state index in [0.717, 1.165) is 19.5 Å². The molecule has 2 atom stereocenters. The summed E-state index contributed by atoms with van der Waals surface area (Å²) in [6, 6.07) is 3.37. The summed E-state index contributed by atoms with van der Waals surface area (Å²) in [5, 5.41) is 22.6. The summed E-state index contributed by atoms with van der Waals surface area (Å²) in [5.41, 5.74) is 0. The van der Waals surface area contributed by atoms with Crippen molar-refractivity contribution < 1.29 is 9.90 Å². The Balaban J connectivity index is 1.97. The van der Waals surface area contributed by atoms with Gasteiger partial charge in [0, 0.05) is 6.20 Å². The molecule has 1 unspecified atom stereocenters. The number of carbonyl (C=O) groups is 1. The molecule has 1 aliphatic rings. The molecule has 0 aromatic carbocycles. The quantitative estimate of drug-likeness (QED) is 0.664. The zero-order valence-corrected chi connectivity index (χ0v) is 9.47. The first kappa shape index (κ1) is 11.9. The Morgan fingerprint density at radius 1 is 1.71 bits per heavy atom. The number of carbonyl (C=O) groups excluding carboxylic acids is 1. The Morgan fingerprint density at radius 3 is 3.18 bits per heavy atom. The van der Waals surface area contributed by atoms with Gasteiger partial charge in [0.05, 0.1) is 12.5 Å². The fourth-order valence-electron chi connectivity index (χ4n) is 2.05. The highest BCUT2D eigenvalue weighted by Gasteiger charge is 2.30. The molecule has 2 heterocycles. The molecule has 0 radical (unpaired) electrons. The topological polar surface area (TPSA) is 87.1 Å². The second-order valence-electron chi connectivity index (χ2n) is 4.14. The van der Waals surface area contributed by atoms with Gasteiger partial charge in [0.25, 0.3) is 0 Å². The molecule has 0 aliphatic carbocycles. The van der Waals surface area contributed by atoms with Gasteiger partial charge in [-0.05, 0) is 37.6 Å². The van der Waals surface area contributed by atoms with Gasteiger partial charge in [-0.2, -0.15) is 5.10 Å². The van der Waals surface area contributed by atoms with Gasteiger partial charge in [-0.15, -0.1) is 5.10 Å². The molecule has 0 spiro atoms. The molecular formula is C11H16N4O2. The molecule has 6 heteroatoms. The maximum atomic E-state index is 12.0. The van der Waals surface area contributed by atoms with Crippen LogP contribution in [0.1, 0.15) is 6.42 Å². The van der Waals surface area contributed by atoms with E-state index in [-0.39, 0.29) is 24.3 Å². The van der Waals surface area contributed by atoms with Crippen molar-refractivity contribution in [2.75, 3.05) is 25.0 Å². The first-order valence-corrected chi connectivity index (χ1v) is 5.71. The van der Waals surface area contributed by atoms with Crippen LogP contribution in [0.15, 0.2) is 18.3 Å². The van der Waals surface area contributed by atoms with E-state index in [2.05, 4.69) is 20.8 Å². The van der Waals surface area contributed by atoms with E-state index in [1.807, 2.05) is 0 Å². The van der Waals surface area contributed by atoms with E-state index < -0.39 is 0 Å². The van der Waals surface area contributed by atoms with Gasteiger partial charge >= 0.3 is 0 Å². The predicted octanol–water partition coefficient (Wildman–Crippen LogP) is -0.367. The third-order valence-corrected chi connectivity index (χ3v) is 3.02. The number of anilines is 1. The van der Waals surface area contributed by atoms with Crippen molar-refractivity contribution in [3.63, 3.8) is 0 Å². The lowest BCUT2D eigenvalue weighted by Crippen LogP contribution is -2.33. The Bertz CT molecular complexity index is 365. The van der Waals surface area contributed by atoms with E-state index in [4.69, 9.17) is 0 Å². The van der Waals surface area contributed by atoms with E-state index in [1.165, 1.54) is 0 Å². The third-order valence-electron chi connectivity index (χ3n) is 3.02. The fourth-order valence-corrected chi connectivity index (χ4v) is 2.05. The molecule has 6 nitrogen and oxygen atoms in total. The number of aromatic nitrogens is 2. The largest absolute Gasteiger partial charge is 0.396 e. The summed E-state index contributed by atoms with van der Waals surface area (Å²) in [7, 11) is 0. The SMILES string of the molecule is O=C(Nc1cccnn1)C(CO)[C@H]1CCNC1. The monoisotopic (exact) mass is 236 g/mol. The summed E-state index contributed by atoms with van der Waals surface area (Å²) < 4.78 is 0. The van der Waals surface area contributed by atoms with Crippen LogP contribution in [0.5, 0.6) is 0 Å². The fraction of sp³-hybridized carbons (Fsp3) is 0.545. The molecule has 92 valence electrons. The highest BCUT2D eigenvalue weighted by molar-refractivity contribution is 5.91. The van der Waals surface area contributed by atoms with Crippen LogP contribution in [0.3, 0.4) is 0 Å². The molecule has 1 fully saturated rings. The number of nitrogens with zero attached hydrogens (tertiary/aromatic N) is 2.